The first-order valence-electron chi connectivity index (χ1n) is 8.61. The molecule has 2 nitrogen and oxygen atoms in total. The normalized spacial score (nSPS) is 22.7. The van der Waals surface area contributed by atoms with E-state index in [-0.39, 0.29) is 11.3 Å². The molecule has 0 atom stereocenters. The molecule has 0 unspecified atom stereocenters. The average Bonchev–Trinajstić information content (AvgIpc) is 2.55. The van der Waals surface area contributed by atoms with E-state index in [2.05, 4.69) is 9.64 Å². The summed E-state index contributed by atoms with van der Waals surface area (Å²) in [4.78, 5) is 2.52. The fourth-order valence-electron chi connectivity index (χ4n) is 4.23. The molecule has 1 aliphatic heterocycles. The van der Waals surface area contributed by atoms with Crippen molar-refractivity contribution in [3.63, 3.8) is 0 Å². The van der Waals surface area contributed by atoms with Crippen molar-refractivity contribution in [2.45, 2.75) is 63.3 Å². The van der Waals surface area contributed by atoms with Crippen molar-refractivity contribution in [3.05, 3.63) is 29.8 Å². The van der Waals surface area contributed by atoms with Crippen molar-refractivity contribution in [2.75, 3.05) is 13.1 Å². The Hall–Kier alpha value is -1.23. The van der Waals surface area contributed by atoms with Crippen LogP contribution in [-0.2, 0) is 5.54 Å². The van der Waals surface area contributed by atoms with Gasteiger partial charge >= 0.3 is 6.36 Å². The molecule has 5 heteroatoms. The molecule has 2 fully saturated rings. The monoisotopic (exact) mass is 327 g/mol. The SMILES string of the molecule is FC(F)(F)Oc1cccc(C2(N3CCCCC3)CCCCC2)c1. The summed E-state index contributed by atoms with van der Waals surface area (Å²) < 4.78 is 41.7. The molecule has 1 aromatic carbocycles. The molecule has 0 N–H and O–H groups in total. The van der Waals surface area contributed by atoms with E-state index in [0.29, 0.717) is 0 Å². The van der Waals surface area contributed by atoms with Crippen LogP contribution in [0.2, 0.25) is 0 Å². The Kier molecular flexibility index (Phi) is 4.85. The second kappa shape index (κ2) is 6.71. The molecular formula is C18H24F3NO. The number of ether oxygens (including phenoxy) is 1. The number of likely N-dealkylation sites (tertiary alicyclic amines) is 1. The van der Waals surface area contributed by atoms with Crippen molar-refractivity contribution >= 4 is 0 Å². The predicted octanol–water partition coefficient (Wildman–Crippen LogP) is 5.23. The summed E-state index contributed by atoms with van der Waals surface area (Å²) in [6.07, 6.45) is 4.54. The first-order valence-corrected chi connectivity index (χ1v) is 8.61. The molecule has 1 aromatic rings. The van der Waals surface area contributed by atoms with Gasteiger partial charge in [0.1, 0.15) is 5.75 Å². The molecule has 1 aliphatic carbocycles. The van der Waals surface area contributed by atoms with Gasteiger partial charge in [-0.3, -0.25) is 4.90 Å². The Morgan fingerprint density at radius 3 is 2.22 bits per heavy atom. The van der Waals surface area contributed by atoms with Crippen molar-refractivity contribution in [3.8, 4) is 5.75 Å². The van der Waals surface area contributed by atoms with Crippen LogP contribution < -0.4 is 4.74 Å². The van der Waals surface area contributed by atoms with Crippen LogP contribution in [0, 0.1) is 0 Å². The second-order valence-corrected chi connectivity index (χ2v) is 6.72. The van der Waals surface area contributed by atoms with Gasteiger partial charge in [-0.2, -0.15) is 0 Å². The fraction of sp³-hybridized carbons (Fsp3) is 0.667. The van der Waals surface area contributed by atoms with Gasteiger partial charge < -0.3 is 4.74 Å². The van der Waals surface area contributed by atoms with E-state index < -0.39 is 6.36 Å². The van der Waals surface area contributed by atoms with Gasteiger partial charge in [-0.05, 0) is 56.5 Å². The largest absolute Gasteiger partial charge is 0.573 e. The van der Waals surface area contributed by atoms with Gasteiger partial charge in [-0.25, -0.2) is 0 Å². The third-order valence-electron chi connectivity index (χ3n) is 5.25. The van der Waals surface area contributed by atoms with Crippen LogP contribution in [0.1, 0.15) is 56.9 Å². The standard InChI is InChI=1S/C18H24F3NO/c19-18(20,21)23-16-9-7-8-15(14-16)17(10-3-1-4-11-17)22-12-5-2-6-13-22/h7-9,14H,1-6,10-13H2. The summed E-state index contributed by atoms with van der Waals surface area (Å²) in [7, 11) is 0. The van der Waals surface area contributed by atoms with Gasteiger partial charge in [-0.1, -0.05) is 37.8 Å². The molecular weight excluding hydrogens is 303 g/mol. The minimum Gasteiger partial charge on any atom is -0.406 e. The molecule has 0 aromatic heterocycles. The summed E-state index contributed by atoms with van der Waals surface area (Å²) in [5, 5.41) is 0. The van der Waals surface area contributed by atoms with E-state index in [0.717, 1.165) is 44.3 Å². The van der Waals surface area contributed by atoms with E-state index in [1.165, 1.54) is 31.7 Å². The quantitative estimate of drug-likeness (QED) is 0.753. The molecule has 23 heavy (non-hydrogen) atoms. The molecule has 0 bridgehead atoms. The third-order valence-corrected chi connectivity index (χ3v) is 5.25. The molecule has 1 saturated carbocycles. The maximum atomic E-state index is 12.5. The second-order valence-electron chi connectivity index (χ2n) is 6.72. The van der Waals surface area contributed by atoms with Gasteiger partial charge in [0, 0.05) is 5.54 Å². The van der Waals surface area contributed by atoms with Crippen LogP contribution in [0.3, 0.4) is 0 Å². The smallest absolute Gasteiger partial charge is 0.406 e. The van der Waals surface area contributed by atoms with Crippen molar-refractivity contribution in [1.29, 1.82) is 0 Å². The zero-order valence-electron chi connectivity index (χ0n) is 13.4. The third kappa shape index (κ3) is 3.82. The highest BCUT2D eigenvalue weighted by atomic mass is 19.4. The molecule has 1 heterocycles. The number of rotatable bonds is 3. The lowest BCUT2D eigenvalue weighted by Crippen LogP contribution is -2.49. The Morgan fingerprint density at radius 1 is 0.913 bits per heavy atom. The van der Waals surface area contributed by atoms with E-state index >= 15 is 0 Å². The number of alkyl halides is 3. The zero-order valence-corrected chi connectivity index (χ0v) is 13.4. The van der Waals surface area contributed by atoms with Crippen LogP contribution in [0.25, 0.3) is 0 Å². The number of piperidine rings is 1. The Bertz CT molecular complexity index is 517. The number of hydrogen-bond acceptors (Lipinski definition) is 2. The van der Waals surface area contributed by atoms with Gasteiger partial charge in [-0.15, -0.1) is 13.2 Å². The van der Waals surface area contributed by atoms with E-state index in [1.807, 2.05) is 6.07 Å². The number of benzene rings is 1. The van der Waals surface area contributed by atoms with E-state index in [1.54, 1.807) is 12.1 Å². The first kappa shape index (κ1) is 16.6. The van der Waals surface area contributed by atoms with Crippen LogP contribution in [0.4, 0.5) is 13.2 Å². The van der Waals surface area contributed by atoms with Crippen molar-refractivity contribution in [1.82, 2.24) is 4.90 Å². The lowest BCUT2D eigenvalue weighted by atomic mass is 9.74. The van der Waals surface area contributed by atoms with Crippen molar-refractivity contribution < 1.29 is 17.9 Å². The zero-order chi connectivity index (χ0) is 16.3. The van der Waals surface area contributed by atoms with Gasteiger partial charge in [0.2, 0.25) is 0 Å². The molecule has 3 rings (SSSR count). The van der Waals surface area contributed by atoms with Gasteiger partial charge in [0.15, 0.2) is 0 Å². The molecule has 1 saturated heterocycles. The van der Waals surface area contributed by atoms with E-state index in [9.17, 15) is 13.2 Å². The maximum absolute atomic E-state index is 12.5. The number of halogens is 3. The minimum absolute atomic E-state index is 0.100. The Morgan fingerprint density at radius 2 is 1.57 bits per heavy atom. The molecule has 0 amide bonds. The minimum atomic E-state index is -4.64. The van der Waals surface area contributed by atoms with E-state index in [4.69, 9.17) is 0 Å². The highest BCUT2D eigenvalue weighted by Crippen LogP contribution is 2.44. The van der Waals surface area contributed by atoms with Gasteiger partial charge in [0.25, 0.3) is 0 Å². The Labute approximate surface area is 135 Å². The summed E-state index contributed by atoms with van der Waals surface area (Å²) in [6, 6.07) is 6.66. The van der Waals surface area contributed by atoms with Crippen LogP contribution in [0.5, 0.6) is 5.75 Å². The predicted molar refractivity (Wildman–Crippen MR) is 83.3 cm³/mol. The highest BCUT2D eigenvalue weighted by molar-refractivity contribution is 5.34. The molecule has 0 spiro atoms. The molecule has 128 valence electrons. The fourth-order valence-corrected chi connectivity index (χ4v) is 4.23. The van der Waals surface area contributed by atoms with Crippen LogP contribution in [0.15, 0.2) is 24.3 Å². The van der Waals surface area contributed by atoms with Gasteiger partial charge in [0.05, 0.1) is 0 Å². The summed E-state index contributed by atoms with van der Waals surface area (Å²) >= 11 is 0. The highest BCUT2D eigenvalue weighted by Gasteiger charge is 2.40. The molecule has 0 radical (unpaired) electrons. The van der Waals surface area contributed by atoms with Crippen molar-refractivity contribution in [2.24, 2.45) is 0 Å². The maximum Gasteiger partial charge on any atom is 0.573 e. The average molecular weight is 327 g/mol. The lowest BCUT2D eigenvalue weighted by molar-refractivity contribution is -0.274. The summed E-state index contributed by atoms with van der Waals surface area (Å²) in [5.74, 6) is -0.100. The lowest BCUT2D eigenvalue weighted by Gasteiger charge is -2.48. The topological polar surface area (TPSA) is 12.5 Å². The number of nitrogens with zero attached hydrogens (tertiary/aromatic N) is 1. The summed E-state index contributed by atoms with van der Waals surface area (Å²) in [5.41, 5.74) is 0.879. The van der Waals surface area contributed by atoms with Crippen LogP contribution >= 0.6 is 0 Å². The number of hydrogen-bond donors (Lipinski definition) is 0. The van der Waals surface area contributed by atoms with Crippen LogP contribution in [-0.4, -0.2) is 24.4 Å². The summed E-state index contributed by atoms with van der Waals surface area (Å²) in [6.45, 7) is 2.09. The Balaban J connectivity index is 1.91. The molecule has 2 aliphatic rings. The first-order chi connectivity index (χ1) is 11.0.